The molecule has 100 valence electrons. The lowest BCUT2D eigenvalue weighted by atomic mass is 10.0. The van der Waals surface area contributed by atoms with E-state index in [-0.39, 0.29) is 11.3 Å². The fourth-order valence-corrected chi connectivity index (χ4v) is 1.69. The van der Waals surface area contributed by atoms with Crippen LogP contribution in [0.25, 0.3) is 0 Å². The third kappa shape index (κ3) is 2.69. The molecular formula is C12H14F2O4. The Bertz CT molecular complexity index is 458. The Labute approximate surface area is 103 Å². The third-order valence-electron chi connectivity index (χ3n) is 2.59. The summed E-state index contributed by atoms with van der Waals surface area (Å²) in [6, 6.07) is 2.88. The summed E-state index contributed by atoms with van der Waals surface area (Å²) in [5.74, 6) is -5.27. The zero-order valence-corrected chi connectivity index (χ0v) is 10.3. The monoisotopic (exact) mass is 260 g/mol. The predicted molar refractivity (Wildman–Crippen MR) is 60.6 cm³/mol. The van der Waals surface area contributed by atoms with Crippen molar-refractivity contribution in [1.29, 1.82) is 0 Å². The third-order valence-corrected chi connectivity index (χ3v) is 2.59. The van der Waals surface area contributed by atoms with E-state index in [9.17, 15) is 13.6 Å². The van der Waals surface area contributed by atoms with Gasteiger partial charge in [-0.1, -0.05) is 6.07 Å². The quantitative estimate of drug-likeness (QED) is 0.882. The highest BCUT2D eigenvalue weighted by atomic mass is 19.3. The minimum Gasteiger partial charge on any atom is -0.496 e. The number of alkyl halides is 2. The highest BCUT2D eigenvalue weighted by Gasteiger charge is 2.39. The Balaban J connectivity index is 3.18. The van der Waals surface area contributed by atoms with Crippen molar-refractivity contribution in [1.82, 2.24) is 0 Å². The maximum absolute atomic E-state index is 13.2. The number of hydrogen-bond acceptors (Lipinski definition) is 3. The SMILES string of the molecule is COc1ccc(CC(F)(F)C(=O)O)c(OC)c1C. The Morgan fingerprint density at radius 3 is 2.39 bits per heavy atom. The van der Waals surface area contributed by atoms with E-state index in [1.165, 1.54) is 26.4 Å². The zero-order chi connectivity index (χ0) is 13.9. The predicted octanol–water partition coefficient (Wildman–Crippen LogP) is 2.27. The van der Waals surface area contributed by atoms with Crippen LogP contribution in [0.4, 0.5) is 8.78 Å². The molecule has 1 aromatic carbocycles. The number of benzene rings is 1. The van der Waals surface area contributed by atoms with Crippen LogP contribution < -0.4 is 9.47 Å². The molecule has 18 heavy (non-hydrogen) atoms. The number of aliphatic carboxylic acids is 1. The molecule has 1 rings (SSSR count). The Morgan fingerprint density at radius 1 is 1.33 bits per heavy atom. The molecule has 0 atom stereocenters. The van der Waals surface area contributed by atoms with E-state index in [2.05, 4.69) is 0 Å². The molecule has 0 radical (unpaired) electrons. The van der Waals surface area contributed by atoms with Gasteiger partial charge in [-0.3, -0.25) is 0 Å². The van der Waals surface area contributed by atoms with Crippen LogP contribution in [0.2, 0.25) is 0 Å². The summed E-state index contributed by atoms with van der Waals surface area (Å²) in [5, 5.41) is 8.42. The van der Waals surface area contributed by atoms with Gasteiger partial charge in [0.2, 0.25) is 0 Å². The summed E-state index contributed by atoms with van der Waals surface area (Å²) in [4.78, 5) is 10.4. The van der Waals surface area contributed by atoms with Gasteiger partial charge in [0, 0.05) is 11.1 Å². The maximum Gasteiger partial charge on any atom is 0.374 e. The van der Waals surface area contributed by atoms with Gasteiger partial charge in [-0.15, -0.1) is 0 Å². The minimum atomic E-state index is -3.83. The van der Waals surface area contributed by atoms with Crippen molar-refractivity contribution in [2.45, 2.75) is 19.3 Å². The summed E-state index contributed by atoms with van der Waals surface area (Å²) in [7, 11) is 2.79. The average Bonchev–Trinajstić information content (AvgIpc) is 2.29. The van der Waals surface area contributed by atoms with Gasteiger partial charge in [0.15, 0.2) is 0 Å². The number of halogens is 2. The first-order valence-corrected chi connectivity index (χ1v) is 5.15. The van der Waals surface area contributed by atoms with Gasteiger partial charge in [0.1, 0.15) is 11.5 Å². The van der Waals surface area contributed by atoms with Crippen molar-refractivity contribution < 1.29 is 28.2 Å². The van der Waals surface area contributed by atoms with Crippen molar-refractivity contribution >= 4 is 5.97 Å². The van der Waals surface area contributed by atoms with Crippen LogP contribution in [0, 0.1) is 6.92 Å². The summed E-state index contributed by atoms with van der Waals surface area (Å²) in [6.45, 7) is 1.65. The van der Waals surface area contributed by atoms with Gasteiger partial charge in [-0.2, -0.15) is 8.78 Å². The lowest BCUT2D eigenvalue weighted by Gasteiger charge is -2.17. The lowest BCUT2D eigenvalue weighted by Crippen LogP contribution is -2.30. The van der Waals surface area contributed by atoms with Crippen LogP contribution in [0.5, 0.6) is 11.5 Å². The molecule has 0 aromatic heterocycles. The summed E-state index contributed by atoms with van der Waals surface area (Å²) < 4.78 is 36.4. The molecule has 0 aliphatic carbocycles. The van der Waals surface area contributed by atoms with Gasteiger partial charge in [-0.05, 0) is 13.0 Å². The van der Waals surface area contributed by atoms with Crippen LogP contribution >= 0.6 is 0 Å². The van der Waals surface area contributed by atoms with Crippen molar-refractivity contribution in [2.24, 2.45) is 0 Å². The van der Waals surface area contributed by atoms with Crippen molar-refractivity contribution in [3.05, 3.63) is 23.3 Å². The Kier molecular flexibility index (Phi) is 4.11. The smallest absolute Gasteiger partial charge is 0.374 e. The van der Waals surface area contributed by atoms with Crippen LogP contribution in [0.15, 0.2) is 12.1 Å². The number of carboxylic acid groups (broad SMARTS) is 1. The molecule has 0 spiro atoms. The molecular weight excluding hydrogens is 246 g/mol. The fraction of sp³-hybridized carbons (Fsp3) is 0.417. The van der Waals surface area contributed by atoms with E-state index < -0.39 is 18.3 Å². The molecule has 0 heterocycles. The largest absolute Gasteiger partial charge is 0.496 e. The molecule has 0 unspecified atom stereocenters. The summed E-state index contributed by atoms with van der Waals surface area (Å²) in [6.07, 6.45) is -0.920. The lowest BCUT2D eigenvalue weighted by molar-refractivity contribution is -0.164. The zero-order valence-electron chi connectivity index (χ0n) is 10.3. The molecule has 0 saturated heterocycles. The number of methoxy groups -OCH3 is 2. The topological polar surface area (TPSA) is 55.8 Å². The average molecular weight is 260 g/mol. The molecule has 0 saturated carbocycles. The van der Waals surface area contributed by atoms with Crippen molar-refractivity contribution in [3.63, 3.8) is 0 Å². The molecule has 0 fully saturated rings. The number of carboxylic acids is 1. The van der Waals surface area contributed by atoms with E-state index in [4.69, 9.17) is 14.6 Å². The summed E-state index contributed by atoms with van der Waals surface area (Å²) in [5.41, 5.74) is 0.682. The second-order valence-electron chi connectivity index (χ2n) is 3.77. The molecule has 0 bridgehead atoms. The molecule has 1 N–H and O–H groups in total. The second kappa shape index (κ2) is 5.20. The molecule has 0 aliphatic rings. The number of ether oxygens (including phenoxy) is 2. The molecule has 6 heteroatoms. The van der Waals surface area contributed by atoms with Gasteiger partial charge in [-0.25, -0.2) is 4.79 Å². The minimum absolute atomic E-state index is 0.128. The molecule has 0 amide bonds. The van der Waals surface area contributed by atoms with Crippen LogP contribution in [-0.4, -0.2) is 31.2 Å². The Morgan fingerprint density at radius 2 is 1.94 bits per heavy atom. The summed E-state index contributed by atoms with van der Waals surface area (Å²) >= 11 is 0. The molecule has 1 aromatic rings. The Hall–Kier alpha value is -1.85. The van der Waals surface area contributed by atoms with Crippen LogP contribution in [0.3, 0.4) is 0 Å². The standard InChI is InChI=1S/C12H14F2O4/c1-7-9(17-2)5-4-8(10(7)18-3)6-12(13,14)11(15)16/h4-5H,6H2,1-3H3,(H,15,16). The van der Waals surface area contributed by atoms with Crippen molar-refractivity contribution in [2.75, 3.05) is 14.2 Å². The van der Waals surface area contributed by atoms with E-state index in [1.54, 1.807) is 6.92 Å². The van der Waals surface area contributed by atoms with Crippen molar-refractivity contribution in [3.8, 4) is 11.5 Å². The van der Waals surface area contributed by atoms with Gasteiger partial charge in [0.05, 0.1) is 20.6 Å². The van der Waals surface area contributed by atoms with E-state index >= 15 is 0 Å². The first-order valence-electron chi connectivity index (χ1n) is 5.15. The normalized spacial score (nSPS) is 11.2. The second-order valence-corrected chi connectivity index (χ2v) is 3.77. The van der Waals surface area contributed by atoms with E-state index in [0.29, 0.717) is 11.3 Å². The van der Waals surface area contributed by atoms with Gasteiger partial charge < -0.3 is 14.6 Å². The van der Waals surface area contributed by atoms with Crippen LogP contribution in [0.1, 0.15) is 11.1 Å². The first-order chi connectivity index (χ1) is 8.33. The van der Waals surface area contributed by atoms with E-state index in [1.807, 2.05) is 0 Å². The number of carbonyl (C=O) groups is 1. The van der Waals surface area contributed by atoms with Crippen LogP contribution in [-0.2, 0) is 11.2 Å². The first kappa shape index (κ1) is 14.2. The number of hydrogen-bond donors (Lipinski definition) is 1. The number of rotatable bonds is 5. The molecule has 4 nitrogen and oxygen atoms in total. The highest BCUT2D eigenvalue weighted by molar-refractivity contribution is 5.76. The molecule has 0 aliphatic heterocycles. The van der Waals surface area contributed by atoms with E-state index in [0.717, 1.165) is 0 Å². The maximum atomic E-state index is 13.2. The highest BCUT2D eigenvalue weighted by Crippen LogP contribution is 2.34. The van der Waals surface area contributed by atoms with Gasteiger partial charge in [0.25, 0.3) is 0 Å². The fourth-order valence-electron chi connectivity index (χ4n) is 1.69. The van der Waals surface area contributed by atoms with Gasteiger partial charge >= 0.3 is 11.9 Å².